The molecule has 1 heterocycles. The van der Waals surface area contributed by atoms with Gasteiger partial charge in [0.25, 0.3) is 0 Å². The van der Waals surface area contributed by atoms with Crippen molar-refractivity contribution in [1.82, 2.24) is 9.80 Å². The Labute approximate surface area is 96.8 Å². The number of rotatable bonds is 2. The molecule has 3 rings (SSSR count). The average molecular weight is 223 g/mol. The summed E-state index contributed by atoms with van der Waals surface area (Å²) in [5.74, 6) is 0.203. The summed E-state index contributed by atoms with van der Waals surface area (Å²) in [6, 6.07) is 0.827. The van der Waals surface area contributed by atoms with E-state index in [2.05, 4.69) is 4.90 Å². The number of carbonyl (C=O) groups is 1. The molecule has 3 fully saturated rings. The molecule has 90 valence electrons. The lowest BCUT2D eigenvalue weighted by atomic mass is 9.76. The van der Waals surface area contributed by atoms with Crippen LogP contribution in [0.1, 0.15) is 32.1 Å². The summed E-state index contributed by atoms with van der Waals surface area (Å²) >= 11 is 0. The van der Waals surface area contributed by atoms with Gasteiger partial charge in [0.2, 0.25) is 5.91 Å². The number of amides is 1. The van der Waals surface area contributed by atoms with Crippen molar-refractivity contribution in [1.29, 1.82) is 0 Å². The monoisotopic (exact) mass is 223 g/mol. The molecule has 3 aliphatic rings. The van der Waals surface area contributed by atoms with Gasteiger partial charge in [-0.1, -0.05) is 0 Å². The predicted octanol–water partition coefficient (Wildman–Crippen LogP) is 0.174. The summed E-state index contributed by atoms with van der Waals surface area (Å²) in [5.41, 5.74) is 5.58. The van der Waals surface area contributed by atoms with Crippen molar-refractivity contribution in [3.8, 4) is 0 Å². The van der Waals surface area contributed by atoms with E-state index in [0.29, 0.717) is 0 Å². The minimum Gasteiger partial charge on any atom is -0.339 e. The van der Waals surface area contributed by atoms with Gasteiger partial charge in [0.15, 0.2) is 0 Å². The molecule has 0 unspecified atom stereocenters. The van der Waals surface area contributed by atoms with Crippen molar-refractivity contribution >= 4 is 5.91 Å². The van der Waals surface area contributed by atoms with Crippen LogP contribution in [0.2, 0.25) is 0 Å². The lowest BCUT2D eigenvalue weighted by Crippen LogP contribution is -2.62. The summed E-state index contributed by atoms with van der Waals surface area (Å²) < 4.78 is 0. The second kappa shape index (κ2) is 3.70. The Hall–Kier alpha value is -0.610. The van der Waals surface area contributed by atoms with E-state index in [1.165, 1.54) is 12.8 Å². The van der Waals surface area contributed by atoms with Crippen LogP contribution in [-0.2, 0) is 4.79 Å². The molecule has 4 heteroatoms. The first-order chi connectivity index (χ1) is 7.69. The predicted molar refractivity (Wildman–Crippen MR) is 61.9 cm³/mol. The lowest BCUT2D eigenvalue weighted by Gasteiger charge is -2.43. The van der Waals surface area contributed by atoms with Crippen LogP contribution in [0.5, 0.6) is 0 Å². The molecule has 0 bridgehead atoms. The van der Waals surface area contributed by atoms with Gasteiger partial charge in [-0.25, -0.2) is 0 Å². The van der Waals surface area contributed by atoms with Crippen molar-refractivity contribution in [2.24, 2.45) is 5.73 Å². The summed E-state index contributed by atoms with van der Waals surface area (Å²) in [7, 11) is 0. The second-order valence-corrected chi connectivity index (χ2v) is 5.57. The van der Waals surface area contributed by atoms with Crippen LogP contribution >= 0.6 is 0 Å². The van der Waals surface area contributed by atoms with Crippen LogP contribution < -0.4 is 5.73 Å². The molecule has 0 aromatic rings. The van der Waals surface area contributed by atoms with E-state index in [-0.39, 0.29) is 5.91 Å². The van der Waals surface area contributed by atoms with Crippen LogP contribution in [0.4, 0.5) is 0 Å². The normalized spacial score (nSPS) is 29.9. The Morgan fingerprint density at radius 3 is 2.19 bits per heavy atom. The number of nitrogens with two attached hydrogens (primary N) is 1. The molecule has 0 atom stereocenters. The van der Waals surface area contributed by atoms with Crippen molar-refractivity contribution in [3.05, 3.63) is 0 Å². The number of hydrogen-bond acceptors (Lipinski definition) is 3. The first-order valence-electron chi connectivity index (χ1n) is 6.51. The van der Waals surface area contributed by atoms with E-state index in [0.717, 1.165) is 51.5 Å². The Morgan fingerprint density at radius 2 is 1.75 bits per heavy atom. The Morgan fingerprint density at radius 1 is 1.12 bits per heavy atom. The van der Waals surface area contributed by atoms with Crippen LogP contribution in [0.15, 0.2) is 0 Å². The minimum atomic E-state index is -0.498. The fraction of sp³-hybridized carbons (Fsp3) is 0.917. The average Bonchev–Trinajstić information content (AvgIpc) is 3.09. The zero-order valence-electron chi connectivity index (χ0n) is 9.82. The maximum Gasteiger partial charge on any atom is 0.242 e. The zero-order valence-corrected chi connectivity index (χ0v) is 9.82. The summed E-state index contributed by atoms with van der Waals surface area (Å²) in [6.07, 6.45) is 5.59. The van der Waals surface area contributed by atoms with Gasteiger partial charge in [0.05, 0.1) is 5.54 Å². The largest absolute Gasteiger partial charge is 0.339 e. The van der Waals surface area contributed by atoms with Crippen molar-refractivity contribution in [2.45, 2.75) is 43.7 Å². The van der Waals surface area contributed by atoms with E-state index in [1.807, 2.05) is 4.90 Å². The molecule has 0 spiro atoms. The Bertz CT molecular complexity index is 289. The molecule has 16 heavy (non-hydrogen) atoms. The molecule has 2 saturated carbocycles. The first kappa shape index (κ1) is 10.5. The van der Waals surface area contributed by atoms with Crippen molar-refractivity contribution < 1.29 is 4.79 Å². The van der Waals surface area contributed by atoms with Gasteiger partial charge in [-0.05, 0) is 32.1 Å². The van der Waals surface area contributed by atoms with Gasteiger partial charge in [-0.15, -0.1) is 0 Å². The van der Waals surface area contributed by atoms with E-state index in [1.54, 1.807) is 0 Å². The van der Waals surface area contributed by atoms with E-state index in [4.69, 9.17) is 5.73 Å². The van der Waals surface area contributed by atoms with Crippen molar-refractivity contribution in [3.63, 3.8) is 0 Å². The highest BCUT2D eigenvalue weighted by Crippen LogP contribution is 2.32. The number of carbonyl (C=O) groups excluding carboxylic acids is 1. The van der Waals surface area contributed by atoms with E-state index < -0.39 is 5.54 Å². The molecule has 1 amide bonds. The Balaban J connectivity index is 1.54. The maximum absolute atomic E-state index is 12.2. The minimum absolute atomic E-state index is 0.203. The zero-order chi connectivity index (χ0) is 11.2. The lowest BCUT2D eigenvalue weighted by molar-refractivity contribution is -0.142. The highest BCUT2D eigenvalue weighted by Gasteiger charge is 2.43. The molecule has 0 aromatic heterocycles. The highest BCUT2D eigenvalue weighted by atomic mass is 16.2. The number of hydrogen-bond donors (Lipinski definition) is 1. The molecule has 1 aliphatic heterocycles. The third-order valence-corrected chi connectivity index (χ3v) is 4.34. The van der Waals surface area contributed by atoms with Gasteiger partial charge in [0.1, 0.15) is 0 Å². The molecular weight excluding hydrogens is 202 g/mol. The third kappa shape index (κ3) is 1.74. The van der Waals surface area contributed by atoms with Crippen LogP contribution in [0.25, 0.3) is 0 Å². The van der Waals surface area contributed by atoms with Crippen molar-refractivity contribution in [2.75, 3.05) is 26.2 Å². The maximum atomic E-state index is 12.2. The quantitative estimate of drug-likeness (QED) is 0.726. The number of nitrogens with zero attached hydrogens (tertiary/aromatic N) is 2. The summed E-state index contributed by atoms with van der Waals surface area (Å²) in [5, 5.41) is 0. The van der Waals surface area contributed by atoms with Crippen LogP contribution in [0, 0.1) is 0 Å². The smallest absolute Gasteiger partial charge is 0.242 e. The second-order valence-electron chi connectivity index (χ2n) is 5.57. The molecule has 2 N–H and O–H groups in total. The SMILES string of the molecule is NC1(C(=O)N2CCN(C3CC3)CC2)CCC1. The number of piperazine rings is 1. The Kier molecular flexibility index (Phi) is 2.44. The van der Waals surface area contributed by atoms with Gasteiger partial charge in [0, 0.05) is 32.2 Å². The fourth-order valence-corrected chi connectivity index (χ4v) is 2.82. The first-order valence-corrected chi connectivity index (χ1v) is 6.51. The summed E-state index contributed by atoms with van der Waals surface area (Å²) in [6.45, 7) is 3.86. The molecule has 0 aromatic carbocycles. The van der Waals surface area contributed by atoms with E-state index in [9.17, 15) is 4.79 Å². The van der Waals surface area contributed by atoms with Crippen LogP contribution in [0.3, 0.4) is 0 Å². The molecule has 4 nitrogen and oxygen atoms in total. The summed E-state index contributed by atoms with van der Waals surface area (Å²) in [4.78, 5) is 16.7. The van der Waals surface area contributed by atoms with Gasteiger partial charge >= 0.3 is 0 Å². The van der Waals surface area contributed by atoms with Gasteiger partial charge in [-0.2, -0.15) is 0 Å². The molecule has 1 saturated heterocycles. The van der Waals surface area contributed by atoms with Gasteiger partial charge in [-0.3, -0.25) is 9.69 Å². The molecule has 2 aliphatic carbocycles. The highest BCUT2D eigenvalue weighted by molar-refractivity contribution is 5.87. The molecular formula is C12H21N3O. The van der Waals surface area contributed by atoms with E-state index >= 15 is 0 Å². The third-order valence-electron chi connectivity index (χ3n) is 4.34. The fourth-order valence-electron chi connectivity index (χ4n) is 2.82. The van der Waals surface area contributed by atoms with Crippen LogP contribution in [-0.4, -0.2) is 53.5 Å². The topological polar surface area (TPSA) is 49.6 Å². The standard InChI is InChI=1S/C12H21N3O/c13-12(4-1-5-12)11(16)15-8-6-14(7-9-15)10-2-3-10/h10H,1-9,13H2. The van der Waals surface area contributed by atoms with Gasteiger partial charge < -0.3 is 10.6 Å². The molecule has 0 radical (unpaired) electrons.